The van der Waals surface area contributed by atoms with Crippen LogP contribution in [0.25, 0.3) is 0 Å². The number of primary amides is 1. The molecule has 1 aromatic carbocycles. The van der Waals surface area contributed by atoms with E-state index in [-0.39, 0.29) is 6.54 Å². The summed E-state index contributed by atoms with van der Waals surface area (Å²) in [5.41, 5.74) is 6.40. The molecule has 3 rings (SSSR count). The average molecular weight is 313 g/mol. The van der Waals surface area contributed by atoms with Crippen LogP contribution in [-0.2, 0) is 19.5 Å². The largest absolute Gasteiger partial charge is 0.418 e. The average Bonchev–Trinajstić information content (AvgIpc) is 2.64. The van der Waals surface area contributed by atoms with Gasteiger partial charge in [0.25, 0.3) is 0 Å². The van der Waals surface area contributed by atoms with E-state index in [1.165, 1.54) is 0 Å². The van der Waals surface area contributed by atoms with Gasteiger partial charge < -0.3 is 10.6 Å². The van der Waals surface area contributed by atoms with Crippen molar-refractivity contribution in [2.24, 2.45) is 5.73 Å². The lowest BCUT2D eigenvalue weighted by Crippen LogP contribution is -2.41. The van der Waals surface area contributed by atoms with E-state index >= 15 is 0 Å². The highest BCUT2D eigenvalue weighted by molar-refractivity contribution is 7.80. The molecule has 0 spiro atoms. The van der Waals surface area contributed by atoms with Gasteiger partial charge in [0.2, 0.25) is 5.91 Å². The summed E-state index contributed by atoms with van der Waals surface area (Å²) in [7, 11) is -4.86. The number of rotatable bonds is 3. The molecule has 1 fully saturated rings. The van der Waals surface area contributed by atoms with Crippen LogP contribution in [0.4, 0.5) is 4.79 Å². The van der Waals surface area contributed by atoms with Crippen LogP contribution in [0.5, 0.6) is 0 Å². The van der Waals surface area contributed by atoms with Crippen LogP contribution in [0.1, 0.15) is 23.2 Å². The van der Waals surface area contributed by atoms with Gasteiger partial charge in [0.05, 0.1) is 6.54 Å². The van der Waals surface area contributed by atoms with Crippen molar-refractivity contribution in [2.45, 2.75) is 12.1 Å². The standard InChI is InChI=1S/C11H11N3O6S/c12-10(15)9-7-4-2-1-3-6(7)8-5-13(9)11(16)14(8)20-21(17,18)19/h1-4,8-9H,5H2,(H2,12,15)(H,17,18,19)/t8-,9+/m0/s1. The van der Waals surface area contributed by atoms with Crippen LogP contribution in [0.15, 0.2) is 24.3 Å². The van der Waals surface area contributed by atoms with Crippen LogP contribution >= 0.6 is 0 Å². The van der Waals surface area contributed by atoms with Gasteiger partial charge in [-0.05, 0) is 11.1 Å². The van der Waals surface area contributed by atoms with Crippen molar-refractivity contribution >= 4 is 22.3 Å². The molecule has 9 nitrogen and oxygen atoms in total. The molecule has 0 radical (unpaired) electrons. The normalized spacial score (nSPS) is 24.1. The molecule has 2 aliphatic heterocycles. The molecular weight excluding hydrogens is 302 g/mol. The minimum absolute atomic E-state index is 0.0406. The summed E-state index contributed by atoms with van der Waals surface area (Å²) in [4.78, 5) is 24.9. The number of hydroxylamine groups is 2. The fraction of sp³-hybridized carbons (Fsp3) is 0.273. The van der Waals surface area contributed by atoms with Crippen molar-refractivity contribution in [3.63, 3.8) is 0 Å². The van der Waals surface area contributed by atoms with Crippen molar-refractivity contribution in [1.29, 1.82) is 0 Å². The van der Waals surface area contributed by atoms with Gasteiger partial charge in [0.15, 0.2) is 0 Å². The van der Waals surface area contributed by atoms with Crippen molar-refractivity contribution in [2.75, 3.05) is 6.54 Å². The highest BCUT2D eigenvalue weighted by Crippen LogP contribution is 2.43. The summed E-state index contributed by atoms with van der Waals surface area (Å²) < 4.78 is 34.9. The maximum absolute atomic E-state index is 12.2. The quantitative estimate of drug-likeness (QED) is 0.739. The molecule has 0 saturated carbocycles. The second-order valence-corrected chi connectivity index (χ2v) is 5.72. The molecule has 1 saturated heterocycles. The molecule has 2 atom stereocenters. The van der Waals surface area contributed by atoms with Gasteiger partial charge in [-0.1, -0.05) is 24.3 Å². The second-order valence-electron chi connectivity index (χ2n) is 4.71. The Morgan fingerprint density at radius 2 is 1.95 bits per heavy atom. The van der Waals surface area contributed by atoms with Crippen LogP contribution < -0.4 is 5.73 Å². The fourth-order valence-corrected chi connectivity index (χ4v) is 3.13. The van der Waals surface area contributed by atoms with E-state index in [0.717, 1.165) is 4.90 Å². The number of hydrogen-bond donors (Lipinski definition) is 2. The first-order chi connectivity index (χ1) is 9.79. The Morgan fingerprint density at radius 1 is 1.33 bits per heavy atom. The van der Waals surface area contributed by atoms with E-state index in [1.54, 1.807) is 24.3 Å². The number of benzene rings is 1. The number of amides is 3. The van der Waals surface area contributed by atoms with Crippen LogP contribution in [0, 0.1) is 0 Å². The summed E-state index contributed by atoms with van der Waals surface area (Å²) >= 11 is 0. The first kappa shape index (κ1) is 13.8. The number of fused-ring (bicyclic) bond motifs is 4. The van der Waals surface area contributed by atoms with Gasteiger partial charge in [-0.25, -0.2) is 4.79 Å². The Kier molecular flexibility index (Phi) is 2.90. The van der Waals surface area contributed by atoms with Crippen LogP contribution in [0.3, 0.4) is 0 Å². The van der Waals surface area contributed by atoms with E-state index in [0.29, 0.717) is 16.2 Å². The third-order valence-electron chi connectivity index (χ3n) is 3.49. The highest BCUT2D eigenvalue weighted by Gasteiger charge is 2.51. The van der Waals surface area contributed by atoms with E-state index in [2.05, 4.69) is 4.28 Å². The first-order valence-corrected chi connectivity index (χ1v) is 7.31. The van der Waals surface area contributed by atoms with Crippen molar-refractivity contribution in [3.8, 4) is 0 Å². The molecule has 2 bridgehead atoms. The van der Waals surface area contributed by atoms with E-state index in [9.17, 15) is 18.0 Å². The van der Waals surface area contributed by atoms with Gasteiger partial charge in [-0.2, -0.15) is 13.5 Å². The maximum atomic E-state index is 12.2. The maximum Gasteiger partial charge on any atom is 0.418 e. The number of carbonyl (C=O) groups excluding carboxylic acids is 2. The minimum Gasteiger partial charge on any atom is -0.368 e. The van der Waals surface area contributed by atoms with Crippen molar-refractivity contribution < 1.29 is 26.8 Å². The Morgan fingerprint density at radius 3 is 2.52 bits per heavy atom. The number of hydrogen-bond acceptors (Lipinski definition) is 5. The molecule has 10 heteroatoms. The van der Waals surface area contributed by atoms with E-state index < -0.39 is 34.4 Å². The van der Waals surface area contributed by atoms with Crippen molar-refractivity contribution in [1.82, 2.24) is 9.96 Å². The number of carbonyl (C=O) groups is 2. The molecule has 2 aliphatic rings. The summed E-state index contributed by atoms with van der Waals surface area (Å²) in [5.74, 6) is -0.733. The molecule has 112 valence electrons. The zero-order valence-corrected chi connectivity index (χ0v) is 11.4. The Hall–Kier alpha value is -2.17. The zero-order valence-electron chi connectivity index (χ0n) is 10.5. The molecule has 0 aliphatic carbocycles. The zero-order chi connectivity index (χ0) is 15.4. The molecule has 3 N–H and O–H groups in total. The topological polar surface area (TPSA) is 130 Å². The second kappa shape index (κ2) is 4.41. The first-order valence-electron chi connectivity index (χ1n) is 5.94. The summed E-state index contributed by atoms with van der Waals surface area (Å²) in [6.07, 6.45) is 0. The molecule has 1 aromatic rings. The molecular formula is C11H11N3O6S. The van der Waals surface area contributed by atoms with Gasteiger partial charge >= 0.3 is 16.4 Å². The lowest BCUT2D eigenvalue weighted by atomic mass is 9.91. The lowest BCUT2D eigenvalue weighted by molar-refractivity contribution is -0.122. The van der Waals surface area contributed by atoms with Gasteiger partial charge in [-0.3, -0.25) is 9.35 Å². The van der Waals surface area contributed by atoms with Gasteiger partial charge in [-0.15, -0.1) is 4.28 Å². The molecule has 3 amide bonds. The van der Waals surface area contributed by atoms with Gasteiger partial charge in [0, 0.05) is 0 Å². The van der Waals surface area contributed by atoms with Crippen LogP contribution in [0.2, 0.25) is 0 Å². The molecule has 0 aromatic heterocycles. The number of nitrogens with two attached hydrogens (primary N) is 1. The Balaban J connectivity index is 2.11. The molecule has 2 heterocycles. The number of urea groups is 1. The summed E-state index contributed by atoms with van der Waals surface area (Å²) in [6.45, 7) is 0.0406. The summed E-state index contributed by atoms with van der Waals surface area (Å²) in [5, 5.41) is 0.539. The smallest absolute Gasteiger partial charge is 0.368 e. The predicted molar refractivity (Wildman–Crippen MR) is 67.7 cm³/mol. The Bertz CT molecular complexity index is 733. The van der Waals surface area contributed by atoms with E-state index in [4.69, 9.17) is 10.3 Å². The number of nitrogens with zero attached hydrogens (tertiary/aromatic N) is 2. The predicted octanol–water partition coefficient (Wildman–Crippen LogP) is -0.260. The fourth-order valence-electron chi connectivity index (χ4n) is 2.76. The Labute approximate surface area is 119 Å². The molecule has 0 unspecified atom stereocenters. The van der Waals surface area contributed by atoms with Crippen molar-refractivity contribution in [3.05, 3.63) is 35.4 Å². The highest BCUT2D eigenvalue weighted by atomic mass is 32.3. The molecule has 21 heavy (non-hydrogen) atoms. The summed E-state index contributed by atoms with van der Waals surface area (Å²) in [6, 6.07) is 4.05. The van der Waals surface area contributed by atoms with E-state index in [1.807, 2.05) is 0 Å². The van der Waals surface area contributed by atoms with Gasteiger partial charge in [0.1, 0.15) is 12.1 Å². The monoisotopic (exact) mass is 313 g/mol. The van der Waals surface area contributed by atoms with Crippen LogP contribution in [-0.4, -0.2) is 41.4 Å². The third kappa shape index (κ3) is 2.13. The SMILES string of the molecule is NC(=O)[C@H]1c2ccccc2[C@@H]2CN1C(=O)N2OS(=O)(=O)O. The third-order valence-corrected chi connectivity index (χ3v) is 3.84. The lowest BCUT2D eigenvalue weighted by Gasteiger charge is -2.30. The minimum atomic E-state index is -4.86.